The van der Waals surface area contributed by atoms with Crippen molar-refractivity contribution in [2.24, 2.45) is 17.6 Å². The summed E-state index contributed by atoms with van der Waals surface area (Å²) in [5.41, 5.74) is 5.97. The highest BCUT2D eigenvalue weighted by molar-refractivity contribution is 4.83. The van der Waals surface area contributed by atoms with E-state index in [2.05, 4.69) is 5.32 Å². The Labute approximate surface area is 74.9 Å². The smallest absolute Gasteiger partial charge is 0.00792 e. The monoisotopic (exact) mass is 168 g/mol. The lowest BCUT2D eigenvalue weighted by Gasteiger charge is -2.15. The molecule has 2 saturated carbocycles. The van der Waals surface area contributed by atoms with Crippen LogP contribution in [-0.4, -0.2) is 19.1 Å². The molecule has 3 N–H and O–H groups in total. The van der Waals surface area contributed by atoms with Gasteiger partial charge in [-0.15, -0.1) is 0 Å². The van der Waals surface area contributed by atoms with E-state index in [-0.39, 0.29) is 0 Å². The lowest BCUT2D eigenvalue weighted by atomic mass is 10.0. The number of nitrogens with one attached hydrogen (secondary N) is 1. The number of nitrogens with two attached hydrogens (primary N) is 1. The van der Waals surface area contributed by atoms with Crippen LogP contribution in [0.25, 0.3) is 0 Å². The highest BCUT2D eigenvalue weighted by Crippen LogP contribution is 2.28. The molecule has 0 spiro atoms. The molecule has 0 aromatic carbocycles. The number of hydrogen-bond donors (Lipinski definition) is 2. The fourth-order valence-electron chi connectivity index (χ4n) is 2.11. The summed E-state index contributed by atoms with van der Waals surface area (Å²) in [5, 5.41) is 3.54. The molecule has 0 amide bonds. The van der Waals surface area contributed by atoms with Gasteiger partial charge in [-0.1, -0.05) is 6.42 Å². The van der Waals surface area contributed by atoms with Crippen LogP contribution >= 0.6 is 0 Å². The van der Waals surface area contributed by atoms with Crippen molar-refractivity contribution >= 4 is 0 Å². The fraction of sp³-hybridized carbons (Fsp3) is 1.00. The summed E-state index contributed by atoms with van der Waals surface area (Å²) < 4.78 is 0. The number of hydrogen-bond acceptors (Lipinski definition) is 2. The Morgan fingerprint density at radius 2 is 1.92 bits per heavy atom. The first-order chi connectivity index (χ1) is 5.86. The molecule has 0 aliphatic heterocycles. The average molecular weight is 168 g/mol. The maximum absolute atomic E-state index is 5.97. The van der Waals surface area contributed by atoms with Gasteiger partial charge in [-0.05, 0) is 50.6 Å². The van der Waals surface area contributed by atoms with E-state index in [1.54, 1.807) is 0 Å². The van der Waals surface area contributed by atoms with Gasteiger partial charge in [0.1, 0.15) is 0 Å². The Balaban J connectivity index is 1.58. The molecule has 2 aliphatic rings. The predicted molar refractivity (Wildman–Crippen MR) is 50.9 cm³/mol. The van der Waals surface area contributed by atoms with Gasteiger partial charge in [-0.3, -0.25) is 0 Å². The molecule has 0 bridgehead atoms. The van der Waals surface area contributed by atoms with E-state index in [4.69, 9.17) is 5.73 Å². The fourth-order valence-corrected chi connectivity index (χ4v) is 2.11. The minimum atomic E-state index is 0.483. The van der Waals surface area contributed by atoms with Crippen LogP contribution in [0.5, 0.6) is 0 Å². The highest BCUT2D eigenvalue weighted by atomic mass is 14.9. The lowest BCUT2D eigenvalue weighted by Crippen LogP contribution is -2.33. The van der Waals surface area contributed by atoms with Gasteiger partial charge >= 0.3 is 0 Å². The third-order valence-corrected chi connectivity index (χ3v) is 3.25. The van der Waals surface area contributed by atoms with Crippen LogP contribution in [-0.2, 0) is 0 Å². The summed E-state index contributed by atoms with van der Waals surface area (Å²) in [6, 6.07) is 0.483. The second kappa shape index (κ2) is 3.75. The van der Waals surface area contributed by atoms with E-state index >= 15 is 0 Å². The summed E-state index contributed by atoms with van der Waals surface area (Å²) >= 11 is 0. The molecule has 70 valence electrons. The summed E-state index contributed by atoms with van der Waals surface area (Å²) in [7, 11) is 0. The van der Waals surface area contributed by atoms with Crippen LogP contribution < -0.4 is 11.1 Å². The molecular weight excluding hydrogens is 148 g/mol. The van der Waals surface area contributed by atoms with Gasteiger partial charge in [-0.25, -0.2) is 0 Å². The summed E-state index contributed by atoms with van der Waals surface area (Å²) in [5.74, 6) is 1.77. The zero-order valence-corrected chi connectivity index (χ0v) is 7.76. The minimum Gasteiger partial charge on any atom is -0.327 e. The molecular formula is C10H20N2. The van der Waals surface area contributed by atoms with Gasteiger partial charge < -0.3 is 11.1 Å². The van der Waals surface area contributed by atoms with Crippen LogP contribution in [0.3, 0.4) is 0 Å². The zero-order chi connectivity index (χ0) is 8.39. The zero-order valence-electron chi connectivity index (χ0n) is 7.76. The van der Waals surface area contributed by atoms with Gasteiger partial charge in [0.25, 0.3) is 0 Å². The summed E-state index contributed by atoms with van der Waals surface area (Å²) in [4.78, 5) is 0. The predicted octanol–water partition coefficient (Wildman–Crippen LogP) is 1.11. The molecule has 12 heavy (non-hydrogen) atoms. The van der Waals surface area contributed by atoms with E-state index < -0.39 is 0 Å². The molecule has 2 fully saturated rings. The van der Waals surface area contributed by atoms with Gasteiger partial charge in [-0.2, -0.15) is 0 Å². The third-order valence-electron chi connectivity index (χ3n) is 3.25. The molecule has 2 atom stereocenters. The molecule has 0 radical (unpaired) electrons. The summed E-state index contributed by atoms with van der Waals surface area (Å²) in [6.07, 6.45) is 6.83. The van der Waals surface area contributed by atoms with E-state index in [0.717, 1.165) is 18.4 Å². The van der Waals surface area contributed by atoms with Crippen molar-refractivity contribution in [1.82, 2.24) is 5.32 Å². The van der Waals surface area contributed by atoms with Crippen LogP contribution in [0.2, 0.25) is 0 Å². The first-order valence-corrected chi connectivity index (χ1v) is 5.32. The van der Waals surface area contributed by atoms with Crippen LogP contribution in [0.1, 0.15) is 32.1 Å². The normalized spacial score (nSPS) is 35.8. The molecule has 2 nitrogen and oxygen atoms in total. The molecule has 2 heteroatoms. The molecule has 0 aromatic heterocycles. The van der Waals surface area contributed by atoms with E-state index in [0.29, 0.717) is 6.04 Å². The third kappa shape index (κ3) is 2.20. The molecule has 0 saturated heterocycles. The second-order valence-corrected chi connectivity index (χ2v) is 4.46. The Morgan fingerprint density at radius 1 is 1.08 bits per heavy atom. The van der Waals surface area contributed by atoms with Crippen molar-refractivity contribution in [3.05, 3.63) is 0 Å². The molecule has 2 unspecified atom stereocenters. The molecule has 0 aromatic rings. The van der Waals surface area contributed by atoms with E-state index in [9.17, 15) is 0 Å². The van der Waals surface area contributed by atoms with Gasteiger partial charge in [0.05, 0.1) is 0 Å². The van der Waals surface area contributed by atoms with Gasteiger partial charge in [0.15, 0.2) is 0 Å². The standard InChI is InChI=1S/C10H20N2/c11-10-3-1-2-9(10)7-12-6-8-4-5-8/h8-10,12H,1-7,11H2. The quantitative estimate of drug-likeness (QED) is 0.660. The van der Waals surface area contributed by atoms with Crippen LogP contribution in [0, 0.1) is 11.8 Å². The second-order valence-electron chi connectivity index (χ2n) is 4.46. The topological polar surface area (TPSA) is 38.0 Å². The van der Waals surface area contributed by atoms with Crippen molar-refractivity contribution in [3.8, 4) is 0 Å². The molecule has 0 heterocycles. The first kappa shape index (κ1) is 8.52. The maximum atomic E-state index is 5.97. The molecule has 2 aliphatic carbocycles. The SMILES string of the molecule is NC1CCCC1CNCC1CC1. The van der Waals surface area contributed by atoms with Crippen LogP contribution in [0.15, 0.2) is 0 Å². The van der Waals surface area contributed by atoms with E-state index in [1.165, 1.54) is 38.6 Å². The molecule has 2 rings (SSSR count). The van der Waals surface area contributed by atoms with Crippen molar-refractivity contribution in [1.29, 1.82) is 0 Å². The van der Waals surface area contributed by atoms with Crippen molar-refractivity contribution in [2.45, 2.75) is 38.1 Å². The largest absolute Gasteiger partial charge is 0.327 e. The van der Waals surface area contributed by atoms with Crippen molar-refractivity contribution in [2.75, 3.05) is 13.1 Å². The Morgan fingerprint density at radius 3 is 2.50 bits per heavy atom. The average Bonchev–Trinajstić information content (AvgIpc) is 2.78. The summed E-state index contributed by atoms with van der Waals surface area (Å²) in [6.45, 7) is 2.40. The van der Waals surface area contributed by atoms with Crippen molar-refractivity contribution in [3.63, 3.8) is 0 Å². The highest BCUT2D eigenvalue weighted by Gasteiger charge is 2.25. The van der Waals surface area contributed by atoms with E-state index in [1.807, 2.05) is 0 Å². The Hall–Kier alpha value is -0.0800. The Kier molecular flexibility index (Phi) is 2.66. The van der Waals surface area contributed by atoms with Gasteiger partial charge in [0, 0.05) is 6.04 Å². The minimum absolute atomic E-state index is 0.483. The van der Waals surface area contributed by atoms with Crippen LogP contribution in [0.4, 0.5) is 0 Å². The van der Waals surface area contributed by atoms with Gasteiger partial charge in [0.2, 0.25) is 0 Å². The number of rotatable bonds is 4. The lowest BCUT2D eigenvalue weighted by molar-refractivity contribution is 0.437. The van der Waals surface area contributed by atoms with Crippen molar-refractivity contribution < 1.29 is 0 Å². The maximum Gasteiger partial charge on any atom is 0.00792 e. The Bertz CT molecular complexity index is 143. The first-order valence-electron chi connectivity index (χ1n) is 5.32.